The minimum atomic E-state index is -2.06. The lowest BCUT2D eigenvalue weighted by molar-refractivity contribution is 0.0696. The second-order valence-electron chi connectivity index (χ2n) is 6.18. The van der Waals surface area contributed by atoms with E-state index in [1.807, 2.05) is 13.1 Å². The van der Waals surface area contributed by atoms with Crippen molar-refractivity contribution in [2.75, 3.05) is 0 Å². The second kappa shape index (κ2) is 5.66. The van der Waals surface area contributed by atoms with Crippen LogP contribution < -0.4 is 5.73 Å². The van der Waals surface area contributed by atoms with Crippen molar-refractivity contribution >= 4 is 20.1 Å². The van der Waals surface area contributed by atoms with E-state index in [0.717, 1.165) is 0 Å². The third-order valence-electron chi connectivity index (χ3n) is 3.61. The first-order valence-corrected chi connectivity index (χ1v) is 9.31. The van der Waals surface area contributed by atoms with Gasteiger partial charge in [0.2, 0.25) is 0 Å². The smallest absolute Gasteiger partial charge is 0.336 e. The summed E-state index contributed by atoms with van der Waals surface area (Å²) in [6, 6.07) is 6.48. The molecule has 0 saturated carbocycles. The summed E-state index contributed by atoms with van der Waals surface area (Å²) in [6.45, 7) is 10.4. The third kappa shape index (κ3) is 3.60. The molecule has 0 fully saturated rings. The standard InChI is InChI=1S/C14H22N2O3Si/c1-14(2,3)20(4,5)19-16-12(15)10-8-6-7-9-11(10)13(17)18/h6-9H,1-5H3,(H2,15,16)(H,17,18). The monoisotopic (exact) mass is 294 g/mol. The molecule has 0 bridgehead atoms. The number of aromatic carboxylic acids is 1. The molecule has 1 rings (SSSR count). The number of benzene rings is 1. The van der Waals surface area contributed by atoms with Crippen LogP contribution in [0.5, 0.6) is 0 Å². The fraction of sp³-hybridized carbons (Fsp3) is 0.429. The highest BCUT2D eigenvalue weighted by Crippen LogP contribution is 2.36. The molecule has 110 valence electrons. The Labute approximate surface area is 120 Å². The van der Waals surface area contributed by atoms with Gasteiger partial charge < -0.3 is 15.4 Å². The van der Waals surface area contributed by atoms with Crippen LogP contribution in [0.2, 0.25) is 18.1 Å². The van der Waals surface area contributed by atoms with E-state index in [1.165, 1.54) is 6.07 Å². The van der Waals surface area contributed by atoms with Gasteiger partial charge in [0.1, 0.15) is 0 Å². The van der Waals surface area contributed by atoms with Gasteiger partial charge in [-0.05, 0) is 24.2 Å². The van der Waals surface area contributed by atoms with Crippen LogP contribution in [0, 0.1) is 0 Å². The van der Waals surface area contributed by atoms with Crippen LogP contribution in [-0.2, 0) is 4.53 Å². The number of rotatable bonds is 4. The number of carboxylic acids is 1. The Morgan fingerprint density at radius 2 is 1.75 bits per heavy atom. The van der Waals surface area contributed by atoms with Crippen molar-refractivity contribution in [3.63, 3.8) is 0 Å². The predicted octanol–water partition coefficient (Wildman–Crippen LogP) is 3.03. The Morgan fingerprint density at radius 1 is 1.25 bits per heavy atom. The molecule has 0 heterocycles. The third-order valence-corrected chi connectivity index (χ3v) is 7.77. The highest BCUT2D eigenvalue weighted by atomic mass is 28.4. The van der Waals surface area contributed by atoms with Gasteiger partial charge in [-0.1, -0.05) is 44.1 Å². The molecule has 0 spiro atoms. The molecule has 20 heavy (non-hydrogen) atoms. The van der Waals surface area contributed by atoms with Gasteiger partial charge >= 0.3 is 5.97 Å². The van der Waals surface area contributed by atoms with Crippen molar-refractivity contribution in [3.8, 4) is 0 Å². The van der Waals surface area contributed by atoms with E-state index in [0.29, 0.717) is 5.56 Å². The predicted molar refractivity (Wildman–Crippen MR) is 82.4 cm³/mol. The zero-order valence-electron chi connectivity index (χ0n) is 12.6. The normalized spacial score (nSPS) is 13.2. The van der Waals surface area contributed by atoms with Gasteiger partial charge in [-0.3, -0.25) is 0 Å². The molecule has 0 aliphatic heterocycles. The Kier molecular flexibility index (Phi) is 4.60. The largest absolute Gasteiger partial charge is 0.478 e. The molecular formula is C14H22N2O3Si. The number of amidine groups is 1. The van der Waals surface area contributed by atoms with Gasteiger partial charge in [-0.15, -0.1) is 0 Å². The summed E-state index contributed by atoms with van der Waals surface area (Å²) >= 11 is 0. The van der Waals surface area contributed by atoms with Crippen LogP contribution in [-0.4, -0.2) is 25.2 Å². The Bertz CT molecular complexity index is 533. The first kappa shape index (κ1) is 16.2. The molecule has 0 aliphatic rings. The van der Waals surface area contributed by atoms with Crippen molar-refractivity contribution < 1.29 is 14.4 Å². The maximum Gasteiger partial charge on any atom is 0.336 e. The topological polar surface area (TPSA) is 84.9 Å². The maximum atomic E-state index is 11.1. The summed E-state index contributed by atoms with van der Waals surface area (Å²) in [5.74, 6) is -0.945. The molecule has 6 heteroatoms. The minimum absolute atomic E-state index is 0.00307. The van der Waals surface area contributed by atoms with Crippen molar-refractivity contribution in [3.05, 3.63) is 35.4 Å². The van der Waals surface area contributed by atoms with Crippen LogP contribution in [0.3, 0.4) is 0 Å². The zero-order chi connectivity index (χ0) is 15.6. The van der Waals surface area contributed by atoms with E-state index >= 15 is 0 Å². The van der Waals surface area contributed by atoms with Gasteiger partial charge in [-0.25, -0.2) is 4.79 Å². The van der Waals surface area contributed by atoms with E-state index in [1.54, 1.807) is 18.2 Å². The van der Waals surface area contributed by atoms with Crippen LogP contribution in [0.15, 0.2) is 29.4 Å². The molecule has 0 aliphatic carbocycles. The van der Waals surface area contributed by atoms with Crippen molar-refractivity contribution in [2.24, 2.45) is 10.9 Å². The maximum absolute atomic E-state index is 11.1. The van der Waals surface area contributed by atoms with Crippen LogP contribution >= 0.6 is 0 Å². The molecule has 3 N–H and O–H groups in total. The van der Waals surface area contributed by atoms with E-state index in [-0.39, 0.29) is 16.4 Å². The van der Waals surface area contributed by atoms with E-state index < -0.39 is 14.3 Å². The second-order valence-corrected chi connectivity index (χ2v) is 10.9. The number of oxime groups is 1. The lowest BCUT2D eigenvalue weighted by atomic mass is 10.1. The fourth-order valence-corrected chi connectivity index (χ4v) is 1.84. The van der Waals surface area contributed by atoms with Gasteiger partial charge in [0.15, 0.2) is 5.84 Å². The molecule has 0 aromatic heterocycles. The summed E-state index contributed by atoms with van der Waals surface area (Å²) in [5, 5.41) is 13.1. The molecule has 1 aromatic rings. The Morgan fingerprint density at radius 3 is 2.20 bits per heavy atom. The average molecular weight is 294 g/mol. The minimum Gasteiger partial charge on any atom is -0.478 e. The number of carboxylic acid groups (broad SMARTS) is 1. The lowest BCUT2D eigenvalue weighted by Gasteiger charge is -2.33. The summed E-state index contributed by atoms with van der Waals surface area (Å²) in [6.07, 6.45) is 0. The van der Waals surface area contributed by atoms with E-state index in [9.17, 15) is 4.79 Å². The van der Waals surface area contributed by atoms with Crippen molar-refractivity contribution in [2.45, 2.75) is 38.9 Å². The molecule has 0 atom stereocenters. The van der Waals surface area contributed by atoms with Gasteiger partial charge in [0, 0.05) is 5.56 Å². The molecule has 1 aromatic carbocycles. The van der Waals surface area contributed by atoms with Crippen molar-refractivity contribution in [1.82, 2.24) is 0 Å². The molecule has 0 amide bonds. The lowest BCUT2D eigenvalue weighted by Crippen LogP contribution is -2.39. The zero-order valence-corrected chi connectivity index (χ0v) is 13.6. The summed E-state index contributed by atoms with van der Waals surface area (Å²) in [4.78, 5) is 11.1. The van der Waals surface area contributed by atoms with Gasteiger partial charge in [0.25, 0.3) is 8.32 Å². The number of nitrogens with zero attached hydrogens (tertiary/aromatic N) is 1. The summed E-state index contributed by atoms with van der Waals surface area (Å²) in [5.41, 5.74) is 6.36. The molecular weight excluding hydrogens is 272 g/mol. The van der Waals surface area contributed by atoms with Crippen LogP contribution in [0.4, 0.5) is 0 Å². The van der Waals surface area contributed by atoms with E-state index in [4.69, 9.17) is 15.4 Å². The molecule has 5 nitrogen and oxygen atoms in total. The number of hydrogen-bond acceptors (Lipinski definition) is 3. The van der Waals surface area contributed by atoms with Gasteiger partial charge in [-0.2, -0.15) is 0 Å². The SMILES string of the molecule is CC(C)(C)[Si](C)(C)ON=C(N)c1ccccc1C(=O)O. The number of hydrogen-bond donors (Lipinski definition) is 2. The van der Waals surface area contributed by atoms with E-state index in [2.05, 4.69) is 25.9 Å². The highest BCUT2D eigenvalue weighted by Gasteiger charge is 2.40. The number of carbonyl (C=O) groups is 1. The fourth-order valence-electron chi connectivity index (χ4n) is 1.24. The van der Waals surface area contributed by atoms with Crippen LogP contribution in [0.25, 0.3) is 0 Å². The average Bonchev–Trinajstić information content (AvgIpc) is 2.34. The first-order chi connectivity index (χ1) is 9.06. The number of nitrogens with two attached hydrogens (primary N) is 1. The first-order valence-electron chi connectivity index (χ1n) is 6.40. The van der Waals surface area contributed by atoms with Crippen molar-refractivity contribution in [1.29, 1.82) is 0 Å². The Hall–Kier alpha value is -1.82. The van der Waals surface area contributed by atoms with Gasteiger partial charge in [0.05, 0.1) is 5.56 Å². The Balaban J connectivity index is 3.05. The van der Waals surface area contributed by atoms with Crippen LogP contribution in [0.1, 0.15) is 36.7 Å². The molecule has 0 unspecified atom stereocenters. The summed E-state index contributed by atoms with van der Waals surface area (Å²) in [7, 11) is -2.06. The molecule has 0 radical (unpaired) electrons. The quantitative estimate of drug-likeness (QED) is 0.387. The summed E-state index contributed by atoms with van der Waals surface area (Å²) < 4.78 is 5.65. The molecule has 0 saturated heterocycles. The highest BCUT2D eigenvalue weighted by molar-refractivity contribution is 6.74.